The van der Waals surface area contributed by atoms with Crippen molar-refractivity contribution in [2.45, 2.75) is 53.9 Å². The maximum atomic E-state index is 12.8. The van der Waals surface area contributed by atoms with Crippen LogP contribution in [0.1, 0.15) is 55.9 Å². The van der Waals surface area contributed by atoms with Gasteiger partial charge >= 0.3 is 5.63 Å². The van der Waals surface area contributed by atoms with Gasteiger partial charge in [-0.2, -0.15) is 0 Å². The van der Waals surface area contributed by atoms with E-state index in [1.165, 1.54) is 11.1 Å². The van der Waals surface area contributed by atoms with Gasteiger partial charge in [-0.25, -0.2) is 4.79 Å². The highest BCUT2D eigenvalue weighted by molar-refractivity contribution is 5.85. The van der Waals surface area contributed by atoms with Crippen LogP contribution in [0.25, 0.3) is 11.0 Å². The fourth-order valence-electron chi connectivity index (χ4n) is 3.70. The van der Waals surface area contributed by atoms with Crippen LogP contribution in [0.15, 0.2) is 75.0 Å². The Labute approximate surface area is 185 Å². The molecule has 0 aliphatic rings. The van der Waals surface area contributed by atoms with Crippen LogP contribution >= 0.6 is 0 Å². The van der Waals surface area contributed by atoms with Crippen LogP contribution in [0, 0.1) is 13.8 Å². The average molecular weight is 417 g/mol. The molecule has 2 aromatic carbocycles. The van der Waals surface area contributed by atoms with Crippen molar-refractivity contribution < 1.29 is 9.15 Å². The van der Waals surface area contributed by atoms with E-state index in [2.05, 4.69) is 32.9 Å². The number of allylic oxidation sites excluding steroid dienone is 3. The number of hydrogen-bond donors (Lipinski definition) is 0. The SMILES string of the molecule is CC(C)=CCCC(C)=CCOc1ccc2c(C)c(Cc3ccccc3)c(=O)oc2c1C. The molecular formula is C28H32O3. The van der Waals surface area contributed by atoms with Crippen molar-refractivity contribution in [1.29, 1.82) is 0 Å². The predicted octanol–water partition coefficient (Wildman–Crippen LogP) is 7.07. The molecule has 31 heavy (non-hydrogen) atoms. The Morgan fingerprint density at radius 1 is 0.968 bits per heavy atom. The predicted molar refractivity (Wildman–Crippen MR) is 129 cm³/mol. The third-order valence-electron chi connectivity index (χ3n) is 5.64. The fourth-order valence-corrected chi connectivity index (χ4v) is 3.70. The molecule has 0 amide bonds. The molecule has 3 heteroatoms. The lowest BCUT2D eigenvalue weighted by molar-refractivity contribution is 0.358. The van der Waals surface area contributed by atoms with Crippen molar-refractivity contribution in [1.82, 2.24) is 0 Å². The molecule has 0 bridgehead atoms. The topological polar surface area (TPSA) is 39.4 Å². The number of fused-ring (bicyclic) bond motifs is 1. The van der Waals surface area contributed by atoms with Crippen LogP contribution in [0.3, 0.4) is 0 Å². The van der Waals surface area contributed by atoms with Crippen molar-refractivity contribution in [2.24, 2.45) is 0 Å². The normalized spacial score (nSPS) is 11.6. The standard InChI is InChI=1S/C28H32O3/c1-19(2)10-9-11-20(3)16-17-30-26-15-14-24-21(4)25(18-23-12-7-6-8-13-23)28(29)31-27(24)22(26)5/h6-8,10,12-16H,9,11,17-18H2,1-5H3. The van der Waals surface area contributed by atoms with Crippen molar-refractivity contribution >= 4 is 11.0 Å². The molecule has 0 saturated heterocycles. The Bertz CT molecular complexity index is 1160. The van der Waals surface area contributed by atoms with Gasteiger partial charge in [-0.1, -0.05) is 47.6 Å². The van der Waals surface area contributed by atoms with E-state index in [4.69, 9.17) is 9.15 Å². The van der Waals surface area contributed by atoms with Gasteiger partial charge in [0.05, 0.1) is 0 Å². The molecule has 1 aromatic heterocycles. The Hall–Kier alpha value is -3.07. The highest BCUT2D eigenvalue weighted by atomic mass is 16.5. The zero-order valence-electron chi connectivity index (χ0n) is 19.2. The molecule has 0 fully saturated rings. The van der Waals surface area contributed by atoms with Gasteiger partial charge in [0.25, 0.3) is 0 Å². The summed E-state index contributed by atoms with van der Waals surface area (Å²) in [5, 5.41) is 0.962. The van der Waals surface area contributed by atoms with Crippen LogP contribution in [0.2, 0.25) is 0 Å². The van der Waals surface area contributed by atoms with Gasteiger partial charge in [-0.05, 0) is 76.8 Å². The van der Waals surface area contributed by atoms with E-state index in [0.29, 0.717) is 24.2 Å². The Morgan fingerprint density at radius 3 is 2.42 bits per heavy atom. The highest BCUT2D eigenvalue weighted by Crippen LogP contribution is 2.30. The minimum atomic E-state index is -0.274. The molecule has 0 radical (unpaired) electrons. The van der Waals surface area contributed by atoms with Crippen molar-refractivity contribution in [2.75, 3.05) is 6.61 Å². The molecule has 0 atom stereocenters. The largest absolute Gasteiger partial charge is 0.489 e. The zero-order valence-corrected chi connectivity index (χ0v) is 19.2. The number of benzene rings is 2. The van der Waals surface area contributed by atoms with Gasteiger partial charge in [-0.3, -0.25) is 0 Å². The molecule has 0 N–H and O–H groups in total. The summed E-state index contributed by atoms with van der Waals surface area (Å²) in [6.07, 6.45) is 7.02. The molecule has 0 saturated carbocycles. The second kappa shape index (κ2) is 10.3. The monoisotopic (exact) mass is 416 g/mol. The van der Waals surface area contributed by atoms with E-state index in [1.54, 1.807) is 0 Å². The van der Waals surface area contributed by atoms with Crippen LogP contribution in [0.4, 0.5) is 0 Å². The minimum Gasteiger partial charge on any atom is -0.489 e. The van der Waals surface area contributed by atoms with E-state index in [0.717, 1.165) is 40.7 Å². The summed E-state index contributed by atoms with van der Waals surface area (Å²) in [6, 6.07) is 14.0. The molecule has 0 aliphatic heterocycles. The van der Waals surface area contributed by atoms with Crippen LogP contribution in [-0.2, 0) is 6.42 Å². The lowest BCUT2D eigenvalue weighted by Crippen LogP contribution is -2.11. The van der Waals surface area contributed by atoms with Crippen molar-refractivity contribution in [3.05, 3.63) is 98.4 Å². The number of rotatable bonds is 8. The van der Waals surface area contributed by atoms with Gasteiger partial charge < -0.3 is 9.15 Å². The molecule has 0 unspecified atom stereocenters. The summed E-state index contributed by atoms with van der Waals surface area (Å²) in [6.45, 7) is 10.8. The van der Waals surface area contributed by atoms with E-state index in [1.807, 2.05) is 56.3 Å². The van der Waals surface area contributed by atoms with Gasteiger partial charge in [0.15, 0.2) is 0 Å². The number of hydrogen-bond acceptors (Lipinski definition) is 3. The van der Waals surface area contributed by atoms with Gasteiger partial charge in [0.1, 0.15) is 17.9 Å². The quantitative estimate of drug-likeness (QED) is 0.291. The van der Waals surface area contributed by atoms with E-state index < -0.39 is 0 Å². The lowest BCUT2D eigenvalue weighted by atomic mass is 9.98. The summed E-state index contributed by atoms with van der Waals surface area (Å²) in [7, 11) is 0. The van der Waals surface area contributed by atoms with E-state index in [9.17, 15) is 4.79 Å². The molecule has 1 heterocycles. The van der Waals surface area contributed by atoms with E-state index in [-0.39, 0.29) is 5.63 Å². The first-order valence-electron chi connectivity index (χ1n) is 10.9. The van der Waals surface area contributed by atoms with Crippen LogP contribution < -0.4 is 10.4 Å². The Balaban J connectivity index is 1.80. The van der Waals surface area contributed by atoms with E-state index >= 15 is 0 Å². The minimum absolute atomic E-state index is 0.274. The number of aryl methyl sites for hydroxylation is 2. The average Bonchev–Trinajstić information content (AvgIpc) is 2.74. The summed E-state index contributed by atoms with van der Waals surface area (Å²) in [5.74, 6) is 0.749. The van der Waals surface area contributed by atoms with Gasteiger partial charge in [-0.15, -0.1) is 0 Å². The van der Waals surface area contributed by atoms with Gasteiger partial charge in [0.2, 0.25) is 0 Å². The zero-order chi connectivity index (χ0) is 22.4. The molecule has 3 aromatic rings. The maximum Gasteiger partial charge on any atom is 0.340 e. The van der Waals surface area contributed by atoms with Gasteiger partial charge in [0, 0.05) is 22.9 Å². The highest BCUT2D eigenvalue weighted by Gasteiger charge is 2.15. The third-order valence-corrected chi connectivity index (χ3v) is 5.64. The smallest absolute Gasteiger partial charge is 0.340 e. The Kier molecular flexibility index (Phi) is 7.51. The van der Waals surface area contributed by atoms with Crippen molar-refractivity contribution in [3.63, 3.8) is 0 Å². The Morgan fingerprint density at radius 2 is 1.71 bits per heavy atom. The first kappa shape index (κ1) is 22.6. The first-order chi connectivity index (χ1) is 14.9. The molecule has 3 nitrogen and oxygen atoms in total. The second-order valence-corrected chi connectivity index (χ2v) is 8.40. The molecule has 3 rings (SSSR count). The van der Waals surface area contributed by atoms with Crippen molar-refractivity contribution in [3.8, 4) is 5.75 Å². The fraction of sp³-hybridized carbons (Fsp3) is 0.321. The third kappa shape index (κ3) is 5.75. The van der Waals surface area contributed by atoms with Crippen LogP contribution in [0.5, 0.6) is 5.75 Å². The summed E-state index contributed by atoms with van der Waals surface area (Å²) >= 11 is 0. The lowest BCUT2D eigenvalue weighted by Gasteiger charge is -2.13. The first-order valence-corrected chi connectivity index (χ1v) is 10.9. The molecule has 0 aliphatic carbocycles. The summed E-state index contributed by atoms with van der Waals surface area (Å²) in [5.41, 5.74) is 6.63. The van der Waals surface area contributed by atoms with Crippen LogP contribution in [-0.4, -0.2) is 6.61 Å². The molecule has 162 valence electrons. The summed E-state index contributed by atoms with van der Waals surface area (Å²) in [4.78, 5) is 12.8. The maximum absolute atomic E-state index is 12.8. The number of ether oxygens (including phenoxy) is 1. The summed E-state index contributed by atoms with van der Waals surface area (Å²) < 4.78 is 11.8. The molecule has 0 spiro atoms. The second-order valence-electron chi connectivity index (χ2n) is 8.40. The molecular weight excluding hydrogens is 384 g/mol.